The van der Waals surface area contributed by atoms with Crippen LogP contribution in [0.4, 0.5) is 0 Å². The van der Waals surface area contributed by atoms with E-state index in [4.69, 9.17) is 4.74 Å². The second kappa shape index (κ2) is 7.74. The molecule has 0 unspecified atom stereocenters. The molecule has 0 atom stereocenters. The van der Waals surface area contributed by atoms with Crippen molar-refractivity contribution in [2.75, 3.05) is 25.5 Å². The highest BCUT2D eigenvalue weighted by atomic mass is 32.2. The van der Waals surface area contributed by atoms with E-state index in [1.165, 1.54) is 10.6 Å². The van der Waals surface area contributed by atoms with Crippen LogP contribution in [0.5, 0.6) is 0 Å². The summed E-state index contributed by atoms with van der Waals surface area (Å²) in [5.74, 6) is -0.548. The molecule has 0 saturated carbocycles. The van der Waals surface area contributed by atoms with Gasteiger partial charge in [0.2, 0.25) is 5.91 Å². The Morgan fingerprint density at radius 1 is 1.39 bits per heavy atom. The number of aryl methyl sites for hydroxylation is 1. The van der Waals surface area contributed by atoms with Gasteiger partial charge in [0, 0.05) is 45.0 Å². The zero-order valence-electron chi connectivity index (χ0n) is 13.2. The van der Waals surface area contributed by atoms with E-state index >= 15 is 0 Å². The van der Waals surface area contributed by atoms with Gasteiger partial charge in [0.15, 0.2) is 9.84 Å². The van der Waals surface area contributed by atoms with Gasteiger partial charge in [-0.3, -0.25) is 9.59 Å². The van der Waals surface area contributed by atoms with Crippen LogP contribution in [0.25, 0.3) is 0 Å². The second-order valence-corrected chi connectivity index (χ2v) is 7.94. The van der Waals surface area contributed by atoms with Crippen LogP contribution in [-0.4, -0.2) is 44.4 Å². The van der Waals surface area contributed by atoms with Crippen LogP contribution < -0.4 is 10.9 Å². The number of rotatable bonds is 6. The fourth-order valence-electron chi connectivity index (χ4n) is 2.44. The molecule has 1 aromatic heterocycles. The molecule has 1 saturated heterocycles. The summed E-state index contributed by atoms with van der Waals surface area (Å²) < 4.78 is 30.7. The van der Waals surface area contributed by atoms with Gasteiger partial charge in [-0.15, -0.1) is 0 Å². The molecule has 0 radical (unpaired) electrons. The summed E-state index contributed by atoms with van der Waals surface area (Å²) in [6.45, 7) is 1.22. The number of nitrogens with one attached hydrogen (secondary N) is 1. The third-order valence-corrected chi connectivity index (χ3v) is 5.46. The Labute approximate surface area is 135 Å². The highest BCUT2D eigenvalue weighted by Crippen LogP contribution is 2.14. The number of carbonyl (C=O) groups is 1. The summed E-state index contributed by atoms with van der Waals surface area (Å²) in [6, 6.07) is 2.93. The normalized spacial score (nSPS) is 16.2. The molecule has 7 nitrogen and oxygen atoms in total. The van der Waals surface area contributed by atoms with Crippen LogP contribution in [0.1, 0.15) is 18.4 Å². The van der Waals surface area contributed by atoms with Gasteiger partial charge in [-0.1, -0.05) is 0 Å². The largest absolute Gasteiger partial charge is 0.381 e. The van der Waals surface area contributed by atoms with Crippen LogP contribution in [0.3, 0.4) is 0 Å². The number of aromatic nitrogens is 1. The maximum atomic E-state index is 12.1. The fourth-order valence-corrected chi connectivity index (χ4v) is 3.68. The summed E-state index contributed by atoms with van der Waals surface area (Å²) in [6.07, 6.45) is 2.89. The van der Waals surface area contributed by atoms with Gasteiger partial charge in [0.1, 0.15) is 0 Å². The molecule has 23 heavy (non-hydrogen) atoms. The molecule has 1 N–H and O–H groups in total. The van der Waals surface area contributed by atoms with Crippen LogP contribution in [0.2, 0.25) is 0 Å². The van der Waals surface area contributed by atoms with E-state index in [-0.39, 0.29) is 35.4 Å². The number of nitrogens with zero attached hydrogens (tertiary/aromatic N) is 1. The van der Waals surface area contributed by atoms with Crippen molar-refractivity contribution in [2.45, 2.75) is 18.6 Å². The highest BCUT2D eigenvalue weighted by molar-refractivity contribution is 7.90. The first-order chi connectivity index (χ1) is 10.9. The lowest BCUT2D eigenvalue weighted by molar-refractivity contribution is -0.127. The molecule has 1 fully saturated rings. The van der Waals surface area contributed by atoms with Gasteiger partial charge in [0.25, 0.3) is 5.56 Å². The average Bonchev–Trinajstić information content (AvgIpc) is 2.51. The summed E-state index contributed by atoms with van der Waals surface area (Å²) in [4.78, 5) is 23.4. The summed E-state index contributed by atoms with van der Waals surface area (Å²) in [5.41, 5.74) is 0.217. The maximum Gasteiger partial charge on any atom is 0.250 e. The number of hydrogen-bond donors (Lipinski definition) is 1. The maximum absolute atomic E-state index is 12.1. The Morgan fingerprint density at radius 2 is 2.09 bits per heavy atom. The predicted molar refractivity (Wildman–Crippen MR) is 85.7 cm³/mol. The van der Waals surface area contributed by atoms with Crippen molar-refractivity contribution in [3.05, 3.63) is 34.2 Å². The SMILES string of the molecule is Cn1ccc(CS(=O)(=O)CCNC(=O)C2CCOCC2)cc1=O. The molecule has 0 aromatic carbocycles. The third-order valence-electron chi connectivity index (χ3n) is 3.86. The van der Waals surface area contributed by atoms with Gasteiger partial charge in [-0.2, -0.15) is 0 Å². The minimum Gasteiger partial charge on any atom is -0.381 e. The van der Waals surface area contributed by atoms with Gasteiger partial charge < -0.3 is 14.6 Å². The lowest BCUT2D eigenvalue weighted by Crippen LogP contribution is -2.36. The lowest BCUT2D eigenvalue weighted by Gasteiger charge is -2.21. The van der Waals surface area contributed by atoms with E-state index in [1.807, 2.05) is 0 Å². The minimum absolute atomic E-state index is 0.0867. The summed E-state index contributed by atoms with van der Waals surface area (Å²) >= 11 is 0. The third kappa shape index (κ3) is 5.47. The molecule has 2 heterocycles. The minimum atomic E-state index is -3.38. The zero-order valence-corrected chi connectivity index (χ0v) is 14.0. The number of ether oxygens (including phenoxy) is 1. The molecule has 1 aliphatic heterocycles. The van der Waals surface area contributed by atoms with Crippen molar-refractivity contribution in [3.63, 3.8) is 0 Å². The summed E-state index contributed by atoms with van der Waals surface area (Å²) in [7, 11) is -1.77. The van der Waals surface area contributed by atoms with Gasteiger partial charge in [-0.05, 0) is 24.5 Å². The first kappa shape index (κ1) is 17.7. The Kier molecular flexibility index (Phi) is 5.95. The van der Waals surface area contributed by atoms with E-state index in [1.54, 1.807) is 19.3 Å². The molecular weight excluding hydrogens is 320 g/mol. The van der Waals surface area contributed by atoms with Crippen LogP contribution >= 0.6 is 0 Å². The standard InChI is InChI=1S/C15H22N2O5S/c1-17-6-2-12(10-14(17)18)11-23(20,21)9-5-16-15(19)13-3-7-22-8-4-13/h2,6,10,13H,3-5,7-9,11H2,1H3,(H,16,19). The molecule has 0 bridgehead atoms. The van der Waals surface area contributed by atoms with Crippen molar-refractivity contribution in [2.24, 2.45) is 13.0 Å². The average molecular weight is 342 g/mol. The van der Waals surface area contributed by atoms with E-state index in [0.29, 0.717) is 31.6 Å². The van der Waals surface area contributed by atoms with Crippen molar-refractivity contribution >= 4 is 15.7 Å². The van der Waals surface area contributed by atoms with Crippen LogP contribution in [0.15, 0.2) is 23.1 Å². The van der Waals surface area contributed by atoms with Gasteiger partial charge in [0.05, 0.1) is 11.5 Å². The first-order valence-corrected chi connectivity index (χ1v) is 9.41. The zero-order chi connectivity index (χ0) is 16.9. The monoisotopic (exact) mass is 342 g/mol. The van der Waals surface area contributed by atoms with Crippen molar-refractivity contribution in [1.29, 1.82) is 0 Å². The molecule has 128 valence electrons. The van der Waals surface area contributed by atoms with Crippen molar-refractivity contribution in [1.82, 2.24) is 9.88 Å². The van der Waals surface area contributed by atoms with E-state index in [2.05, 4.69) is 5.32 Å². The molecule has 1 amide bonds. The first-order valence-electron chi connectivity index (χ1n) is 7.59. The Hall–Kier alpha value is -1.67. The van der Waals surface area contributed by atoms with Gasteiger partial charge >= 0.3 is 0 Å². The Balaban J connectivity index is 1.82. The number of sulfone groups is 1. The number of hydrogen-bond acceptors (Lipinski definition) is 5. The van der Waals surface area contributed by atoms with E-state index < -0.39 is 9.84 Å². The molecule has 2 rings (SSSR count). The number of pyridine rings is 1. The van der Waals surface area contributed by atoms with E-state index in [9.17, 15) is 18.0 Å². The molecular formula is C15H22N2O5S. The van der Waals surface area contributed by atoms with E-state index in [0.717, 1.165) is 0 Å². The quantitative estimate of drug-likeness (QED) is 0.775. The fraction of sp³-hybridized carbons (Fsp3) is 0.600. The van der Waals surface area contributed by atoms with Gasteiger partial charge in [-0.25, -0.2) is 8.42 Å². The van der Waals surface area contributed by atoms with Crippen molar-refractivity contribution < 1.29 is 17.9 Å². The molecule has 1 aliphatic rings. The predicted octanol–water partition coefficient (Wildman–Crippen LogP) is -0.157. The summed E-state index contributed by atoms with van der Waals surface area (Å²) in [5, 5.41) is 2.68. The highest BCUT2D eigenvalue weighted by Gasteiger charge is 2.21. The van der Waals surface area contributed by atoms with Crippen LogP contribution in [-0.2, 0) is 32.2 Å². The molecule has 8 heteroatoms. The topological polar surface area (TPSA) is 94.5 Å². The van der Waals surface area contributed by atoms with Crippen LogP contribution in [0, 0.1) is 5.92 Å². The van der Waals surface area contributed by atoms with Crippen molar-refractivity contribution in [3.8, 4) is 0 Å². The number of amides is 1. The lowest BCUT2D eigenvalue weighted by atomic mass is 10.00. The smallest absolute Gasteiger partial charge is 0.250 e. The molecule has 1 aromatic rings. The number of carbonyl (C=O) groups excluding carboxylic acids is 1. The molecule has 0 spiro atoms. The Morgan fingerprint density at radius 3 is 2.74 bits per heavy atom. The Bertz CT molecular complexity index is 705. The second-order valence-electron chi connectivity index (χ2n) is 5.75. The molecule has 0 aliphatic carbocycles.